The van der Waals surface area contributed by atoms with Crippen molar-refractivity contribution in [2.75, 3.05) is 20.3 Å². The molecule has 0 unspecified atom stereocenters. The average molecular weight is 299 g/mol. The minimum atomic E-state index is 0.635. The van der Waals surface area contributed by atoms with Crippen LogP contribution in [0, 0.1) is 6.92 Å². The van der Waals surface area contributed by atoms with E-state index in [2.05, 4.69) is 42.6 Å². The topological polar surface area (TPSA) is 30.5 Å². The third-order valence-electron chi connectivity index (χ3n) is 3.72. The van der Waals surface area contributed by atoms with E-state index in [4.69, 9.17) is 9.47 Å². The minimum absolute atomic E-state index is 0.635. The van der Waals surface area contributed by atoms with Crippen LogP contribution in [0.2, 0.25) is 0 Å². The Balaban J connectivity index is 1.93. The molecule has 0 saturated carbocycles. The number of aryl methyl sites for hydroxylation is 1. The van der Waals surface area contributed by atoms with E-state index in [1.165, 1.54) is 11.1 Å². The molecule has 0 radical (unpaired) electrons. The molecule has 22 heavy (non-hydrogen) atoms. The number of para-hydroxylation sites is 1. The van der Waals surface area contributed by atoms with Gasteiger partial charge in [0.2, 0.25) is 0 Å². The van der Waals surface area contributed by atoms with Crippen LogP contribution in [-0.4, -0.2) is 20.3 Å². The van der Waals surface area contributed by atoms with Crippen molar-refractivity contribution in [3.8, 4) is 11.5 Å². The lowest BCUT2D eigenvalue weighted by atomic mass is 10.1. The van der Waals surface area contributed by atoms with Crippen LogP contribution in [0.3, 0.4) is 0 Å². The Morgan fingerprint density at radius 3 is 2.50 bits per heavy atom. The molecular formula is C19H25NO2. The van der Waals surface area contributed by atoms with Gasteiger partial charge in [-0.05, 0) is 44.0 Å². The maximum absolute atomic E-state index is 5.73. The lowest BCUT2D eigenvalue weighted by Crippen LogP contribution is -2.17. The first-order chi connectivity index (χ1) is 10.8. The summed E-state index contributed by atoms with van der Waals surface area (Å²) in [5, 5.41) is 3.49. The molecule has 0 bridgehead atoms. The first-order valence-corrected chi connectivity index (χ1v) is 7.80. The molecule has 0 aromatic heterocycles. The van der Waals surface area contributed by atoms with Gasteiger partial charge in [-0.25, -0.2) is 0 Å². The van der Waals surface area contributed by atoms with Crippen LogP contribution >= 0.6 is 0 Å². The Bertz CT molecular complexity index is 596. The molecule has 0 fully saturated rings. The molecular weight excluding hydrogens is 274 g/mol. The summed E-state index contributed by atoms with van der Waals surface area (Å²) in [6, 6.07) is 14.5. The van der Waals surface area contributed by atoms with Crippen LogP contribution in [-0.2, 0) is 13.0 Å². The van der Waals surface area contributed by atoms with Gasteiger partial charge in [0, 0.05) is 12.1 Å². The van der Waals surface area contributed by atoms with E-state index >= 15 is 0 Å². The molecule has 0 saturated heterocycles. The second-order valence-electron chi connectivity index (χ2n) is 5.23. The predicted octanol–water partition coefficient (Wildman–Crippen LogP) is 3.73. The Morgan fingerprint density at radius 2 is 1.77 bits per heavy atom. The van der Waals surface area contributed by atoms with Gasteiger partial charge < -0.3 is 14.8 Å². The lowest BCUT2D eigenvalue weighted by molar-refractivity contribution is 0.307. The van der Waals surface area contributed by atoms with Gasteiger partial charge in [0.15, 0.2) is 11.5 Å². The minimum Gasteiger partial charge on any atom is -0.493 e. The molecule has 3 nitrogen and oxygen atoms in total. The zero-order chi connectivity index (χ0) is 15.8. The van der Waals surface area contributed by atoms with Crippen LogP contribution in [0.4, 0.5) is 0 Å². The summed E-state index contributed by atoms with van der Waals surface area (Å²) < 4.78 is 11.1. The largest absolute Gasteiger partial charge is 0.493 e. The van der Waals surface area contributed by atoms with E-state index < -0.39 is 0 Å². The third-order valence-corrected chi connectivity index (χ3v) is 3.72. The van der Waals surface area contributed by atoms with Crippen LogP contribution in [0.5, 0.6) is 11.5 Å². The maximum atomic E-state index is 5.73. The highest BCUT2D eigenvalue weighted by molar-refractivity contribution is 5.46. The molecule has 2 rings (SSSR count). The van der Waals surface area contributed by atoms with E-state index in [1.807, 2.05) is 19.1 Å². The van der Waals surface area contributed by atoms with Crippen molar-refractivity contribution in [3.05, 3.63) is 59.2 Å². The number of nitrogens with one attached hydrogen (secondary N) is 1. The molecule has 0 aliphatic rings. The van der Waals surface area contributed by atoms with E-state index in [1.54, 1.807) is 7.11 Å². The SMILES string of the molecule is CCOc1c(CNCCc2ccccc2C)cccc1OC. The molecule has 0 atom stereocenters. The van der Waals surface area contributed by atoms with Crippen LogP contribution in [0.25, 0.3) is 0 Å². The Hall–Kier alpha value is -2.00. The fourth-order valence-electron chi connectivity index (χ4n) is 2.51. The molecule has 0 aliphatic heterocycles. The average Bonchev–Trinajstić information content (AvgIpc) is 2.54. The molecule has 118 valence electrons. The molecule has 0 spiro atoms. The summed E-state index contributed by atoms with van der Waals surface area (Å²) in [6.45, 7) is 6.50. The molecule has 2 aromatic carbocycles. The van der Waals surface area contributed by atoms with Crippen molar-refractivity contribution < 1.29 is 9.47 Å². The number of rotatable bonds is 8. The molecule has 0 heterocycles. The van der Waals surface area contributed by atoms with Crippen molar-refractivity contribution in [1.29, 1.82) is 0 Å². The van der Waals surface area contributed by atoms with Gasteiger partial charge in [-0.15, -0.1) is 0 Å². The Morgan fingerprint density at radius 1 is 1.00 bits per heavy atom. The molecule has 0 amide bonds. The fourth-order valence-corrected chi connectivity index (χ4v) is 2.51. The van der Waals surface area contributed by atoms with Crippen molar-refractivity contribution in [2.24, 2.45) is 0 Å². The monoisotopic (exact) mass is 299 g/mol. The van der Waals surface area contributed by atoms with Gasteiger partial charge >= 0.3 is 0 Å². The summed E-state index contributed by atoms with van der Waals surface area (Å²) in [4.78, 5) is 0. The third kappa shape index (κ3) is 4.25. The standard InChI is InChI=1S/C19H25NO2/c1-4-22-19-17(10-7-11-18(19)21-3)14-20-13-12-16-9-6-5-8-15(16)2/h5-11,20H,4,12-14H2,1-3H3. The van der Waals surface area contributed by atoms with Gasteiger partial charge in [-0.2, -0.15) is 0 Å². The van der Waals surface area contributed by atoms with Crippen LogP contribution < -0.4 is 14.8 Å². The number of hydrogen-bond acceptors (Lipinski definition) is 3. The quantitative estimate of drug-likeness (QED) is 0.753. The fraction of sp³-hybridized carbons (Fsp3) is 0.368. The highest BCUT2D eigenvalue weighted by Gasteiger charge is 2.09. The highest BCUT2D eigenvalue weighted by Crippen LogP contribution is 2.30. The van der Waals surface area contributed by atoms with E-state index in [0.29, 0.717) is 6.61 Å². The van der Waals surface area contributed by atoms with E-state index in [9.17, 15) is 0 Å². The van der Waals surface area contributed by atoms with Crippen molar-refractivity contribution in [3.63, 3.8) is 0 Å². The van der Waals surface area contributed by atoms with Gasteiger partial charge in [0.25, 0.3) is 0 Å². The van der Waals surface area contributed by atoms with Gasteiger partial charge in [0.1, 0.15) is 0 Å². The van der Waals surface area contributed by atoms with Gasteiger partial charge in [-0.1, -0.05) is 36.4 Å². The zero-order valence-electron chi connectivity index (χ0n) is 13.7. The smallest absolute Gasteiger partial charge is 0.165 e. The number of benzene rings is 2. The summed E-state index contributed by atoms with van der Waals surface area (Å²) >= 11 is 0. The second-order valence-corrected chi connectivity index (χ2v) is 5.23. The highest BCUT2D eigenvalue weighted by atomic mass is 16.5. The van der Waals surface area contributed by atoms with E-state index in [0.717, 1.165) is 36.6 Å². The van der Waals surface area contributed by atoms with Crippen molar-refractivity contribution in [2.45, 2.75) is 26.8 Å². The number of ether oxygens (including phenoxy) is 2. The zero-order valence-corrected chi connectivity index (χ0v) is 13.7. The maximum Gasteiger partial charge on any atom is 0.165 e. The van der Waals surface area contributed by atoms with Crippen LogP contribution in [0.15, 0.2) is 42.5 Å². The predicted molar refractivity (Wildman–Crippen MR) is 90.8 cm³/mol. The van der Waals surface area contributed by atoms with Gasteiger partial charge in [-0.3, -0.25) is 0 Å². The summed E-state index contributed by atoms with van der Waals surface area (Å²) in [5.41, 5.74) is 3.87. The van der Waals surface area contributed by atoms with Crippen molar-refractivity contribution >= 4 is 0 Å². The van der Waals surface area contributed by atoms with E-state index in [-0.39, 0.29) is 0 Å². The first kappa shape index (κ1) is 16.4. The van der Waals surface area contributed by atoms with Crippen molar-refractivity contribution in [1.82, 2.24) is 5.32 Å². The molecule has 0 aliphatic carbocycles. The molecule has 1 N–H and O–H groups in total. The summed E-state index contributed by atoms with van der Waals surface area (Å²) in [6.07, 6.45) is 1.03. The van der Waals surface area contributed by atoms with Crippen LogP contribution in [0.1, 0.15) is 23.6 Å². The van der Waals surface area contributed by atoms with Gasteiger partial charge in [0.05, 0.1) is 13.7 Å². The lowest BCUT2D eigenvalue weighted by Gasteiger charge is -2.14. The molecule has 3 heteroatoms. The number of hydrogen-bond donors (Lipinski definition) is 1. The summed E-state index contributed by atoms with van der Waals surface area (Å²) in [5.74, 6) is 1.64. The molecule has 2 aromatic rings. The normalized spacial score (nSPS) is 10.5. The first-order valence-electron chi connectivity index (χ1n) is 7.80. The Labute approximate surface area is 133 Å². The summed E-state index contributed by atoms with van der Waals surface area (Å²) in [7, 11) is 1.67. The second kappa shape index (κ2) is 8.44. The number of methoxy groups -OCH3 is 1. The Kier molecular flexibility index (Phi) is 6.28.